The first-order valence-corrected chi connectivity index (χ1v) is 17.2. The van der Waals surface area contributed by atoms with Crippen molar-refractivity contribution in [2.45, 2.75) is 50.8 Å². The number of nitrogens with zero attached hydrogens (tertiary/aromatic N) is 2. The maximum absolute atomic E-state index is 13.4. The van der Waals surface area contributed by atoms with Gasteiger partial charge < -0.3 is 19.4 Å². The van der Waals surface area contributed by atoms with E-state index in [1.54, 1.807) is 7.11 Å². The highest BCUT2D eigenvalue weighted by molar-refractivity contribution is 7.92. The van der Waals surface area contributed by atoms with Crippen LogP contribution in [0.2, 0.25) is 0 Å². The molecule has 4 rings (SSSR count). The third kappa shape index (κ3) is 8.80. The van der Waals surface area contributed by atoms with Crippen LogP contribution in [-0.4, -0.2) is 57.2 Å². The summed E-state index contributed by atoms with van der Waals surface area (Å²) in [5.41, 5.74) is 3.24. The zero-order valence-corrected chi connectivity index (χ0v) is 27.7. The highest BCUT2D eigenvalue weighted by atomic mass is 32.2. The molecule has 0 fully saturated rings. The van der Waals surface area contributed by atoms with Crippen molar-refractivity contribution in [2.75, 3.05) is 26.9 Å². The van der Waals surface area contributed by atoms with E-state index in [0.29, 0.717) is 54.7 Å². The number of nitrogens with one attached hydrogen (secondary N) is 2. The Hall–Kier alpha value is -4.00. The number of urea groups is 1. The molecular weight excluding hydrogens is 613 g/mol. The van der Waals surface area contributed by atoms with Gasteiger partial charge in [-0.25, -0.2) is 17.9 Å². The van der Waals surface area contributed by atoms with Gasteiger partial charge in [0, 0.05) is 36.2 Å². The maximum atomic E-state index is 13.4. The quantitative estimate of drug-likeness (QED) is 0.110. The van der Waals surface area contributed by atoms with Crippen LogP contribution in [0.1, 0.15) is 54.5 Å². The molecule has 0 radical (unpaired) electrons. The Morgan fingerprint density at radius 1 is 1.07 bits per heavy atom. The second kappa shape index (κ2) is 15.8. The van der Waals surface area contributed by atoms with Crippen molar-refractivity contribution in [2.24, 2.45) is 5.92 Å². The van der Waals surface area contributed by atoms with E-state index < -0.39 is 16.1 Å². The van der Waals surface area contributed by atoms with Gasteiger partial charge in [0.15, 0.2) is 6.29 Å². The van der Waals surface area contributed by atoms with E-state index in [1.807, 2.05) is 72.2 Å². The van der Waals surface area contributed by atoms with Crippen LogP contribution in [0.5, 0.6) is 5.88 Å². The molecule has 0 atom stereocenters. The minimum Gasteiger partial charge on any atom is -0.474 e. The average Bonchev–Trinajstić information content (AvgIpc) is 3.59. The lowest BCUT2D eigenvalue weighted by molar-refractivity contribution is 0.110. The lowest BCUT2D eigenvalue weighted by Crippen LogP contribution is -2.39. The van der Waals surface area contributed by atoms with Crippen molar-refractivity contribution >= 4 is 33.7 Å². The van der Waals surface area contributed by atoms with Gasteiger partial charge in [-0.2, -0.15) is 4.98 Å². The van der Waals surface area contributed by atoms with Crippen LogP contribution in [0.4, 0.5) is 4.79 Å². The van der Waals surface area contributed by atoms with Crippen molar-refractivity contribution in [3.63, 3.8) is 0 Å². The molecule has 4 aromatic rings. The molecule has 0 saturated heterocycles. The molecule has 2 heterocycles. The summed E-state index contributed by atoms with van der Waals surface area (Å²) >= 11 is 1.18. The van der Waals surface area contributed by atoms with E-state index in [1.165, 1.54) is 11.3 Å². The normalized spacial score (nSPS) is 11.5. The molecule has 2 amide bonds. The largest absolute Gasteiger partial charge is 0.474 e. The summed E-state index contributed by atoms with van der Waals surface area (Å²) in [4.78, 5) is 30.2. The van der Waals surface area contributed by atoms with Gasteiger partial charge in [0.05, 0.1) is 6.61 Å². The molecule has 2 N–H and O–H groups in total. The summed E-state index contributed by atoms with van der Waals surface area (Å²) < 4.78 is 41.7. The molecule has 0 saturated carbocycles. The van der Waals surface area contributed by atoms with Crippen LogP contribution in [0.3, 0.4) is 0 Å². The SMILES string of the molecule is CCCCNC(=O)NS(=O)(=O)c1sc(CC(C)C)cc1-c1ccc(Cn2c(-c3ccccc3)nc(OCCOC)c2C=O)cc1. The standard InChI is InChI=1S/C33H40N4O6S2/c1-5-6-16-34-33(39)36-45(40,41)32-28(20-27(44-32)19-23(2)3)25-14-12-24(13-15-25)21-37-29(22-38)31(43-18-17-42-4)35-30(37)26-10-8-7-9-11-26/h7-15,20,22-23H,5-6,16-19,21H2,1-4H3,(H2,34,36,39). The second-order valence-corrected chi connectivity index (χ2v) is 14.0. The average molecular weight is 653 g/mol. The number of aromatic nitrogens is 2. The first-order chi connectivity index (χ1) is 21.7. The Labute approximate surface area is 268 Å². The number of imidazole rings is 1. The van der Waals surface area contributed by atoms with Crippen molar-refractivity contribution in [3.8, 4) is 28.4 Å². The Morgan fingerprint density at radius 3 is 2.44 bits per heavy atom. The van der Waals surface area contributed by atoms with Crippen LogP contribution >= 0.6 is 11.3 Å². The number of ether oxygens (including phenoxy) is 2. The van der Waals surface area contributed by atoms with E-state index in [-0.39, 0.29) is 16.7 Å². The molecule has 45 heavy (non-hydrogen) atoms. The van der Waals surface area contributed by atoms with Gasteiger partial charge in [0.1, 0.15) is 22.3 Å². The Balaban J connectivity index is 1.66. The molecular formula is C33H40N4O6S2. The maximum Gasteiger partial charge on any atom is 0.328 e. The minimum absolute atomic E-state index is 0.0959. The second-order valence-electron chi connectivity index (χ2n) is 11.0. The predicted molar refractivity (Wildman–Crippen MR) is 176 cm³/mol. The summed E-state index contributed by atoms with van der Waals surface area (Å²) in [6.45, 7) is 7.46. The summed E-state index contributed by atoms with van der Waals surface area (Å²) in [5, 5.41) is 2.61. The molecule has 0 spiro atoms. The van der Waals surface area contributed by atoms with Gasteiger partial charge in [-0.15, -0.1) is 11.3 Å². The van der Waals surface area contributed by atoms with Crippen molar-refractivity contribution in [1.82, 2.24) is 19.6 Å². The third-order valence-electron chi connectivity index (χ3n) is 6.89. The van der Waals surface area contributed by atoms with Gasteiger partial charge in [0.25, 0.3) is 10.0 Å². The molecule has 0 aliphatic carbocycles. The number of methoxy groups -OCH3 is 1. The first-order valence-electron chi connectivity index (χ1n) is 14.9. The number of carbonyl (C=O) groups is 2. The van der Waals surface area contributed by atoms with Crippen LogP contribution in [0, 0.1) is 5.92 Å². The van der Waals surface area contributed by atoms with Crippen molar-refractivity contribution < 1.29 is 27.5 Å². The molecule has 12 heteroatoms. The number of amides is 2. The molecule has 240 valence electrons. The molecule has 2 aromatic heterocycles. The third-order valence-corrected chi connectivity index (χ3v) is 9.92. The monoisotopic (exact) mass is 652 g/mol. The summed E-state index contributed by atoms with van der Waals surface area (Å²) in [7, 11) is -2.55. The van der Waals surface area contributed by atoms with Crippen LogP contribution < -0.4 is 14.8 Å². The number of aldehydes is 1. The molecule has 0 aliphatic heterocycles. The Morgan fingerprint density at radius 2 is 1.80 bits per heavy atom. The number of thiophene rings is 1. The zero-order chi connectivity index (χ0) is 32.4. The Kier molecular flexibility index (Phi) is 11.9. The van der Waals surface area contributed by atoms with E-state index in [2.05, 4.69) is 28.9 Å². The lowest BCUT2D eigenvalue weighted by Gasteiger charge is -2.11. The molecule has 10 nitrogen and oxygen atoms in total. The number of carbonyl (C=O) groups excluding carboxylic acids is 2. The zero-order valence-electron chi connectivity index (χ0n) is 26.0. The first kappa shape index (κ1) is 33.9. The topological polar surface area (TPSA) is 129 Å². The van der Waals surface area contributed by atoms with Gasteiger partial charge in [-0.05, 0) is 36.0 Å². The van der Waals surface area contributed by atoms with Gasteiger partial charge in [-0.3, -0.25) is 4.79 Å². The van der Waals surface area contributed by atoms with E-state index in [0.717, 1.165) is 35.1 Å². The number of benzene rings is 2. The smallest absolute Gasteiger partial charge is 0.328 e. The Bertz CT molecular complexity index is 1680. The highest BCUT2D eigenvalue weighted by Gasteiger charge is 2.26. The van der Waals surface area contributed by atoms with Crippen LogP contribution in [0.25, 0.3) is 22.5 Å². The lowest BCUT2D eigenvalue weighted by atomic mass is 10.0. The van der Waals surface area contributed by atoms with Gasteiger partial charge >= 0.3 is 6.03 Å². The van der Waals surface area contributed by atoms with Crippen LogP contribution in [-0.2, 0) is 27.7 Å². The fourth-order valence-corrected chi connectivity index (χ4v) is 7.61. The van der Waals surface area contributed by atoms with Gasteiger partial charge in [0.2, 0.25) is 5.88 Å². The van der Waals surface area contributed by atoms with E-state index in [9.17, 15) is 18.0 Å². The number of sulfonamides is 1. The van der Waals surface area contributed by atoms with E-state index >= 15 is 0 Å². The molecule has 2 aromatic carbocycles. The van der Waals surface area contributed by atoms with Crippen molar-refractivity contribution in [3.05, 3.63) is 76.8 Å². The summed E-state index contributed by atoms with van der Waals surface area (Å²) in [6, 6.07) is 18.2. The number of unbranched alkanes of at least 4 members (excludes halogenated alkanes) is 1. The number of hydrogen-bond acceptors (Lipinski definition) is 8. The highest BCUT2D eigenvalue weighted by Crippen LogP contribution is 2.37. The summed E-state index contributed by atoms with van der Waals surface area (Å²) in [5.74, 6) is 1.14. The number of rotatable bonds is 16. The number of hydrogen-bond donors (Lipinski definition) is 2. The minimum atomic E-state index is -4.12. The molecule has 0 unspecified atom stereocenters. The summed E-state index contributed by atoms with van der Waals surface area (Å²) in [6.07, 6.45) is 3.08. The molecule has 0 bridgehead atoms. The predicted octanol–water partition coefficient (Wildman–Crippen LogP) is 6.15. The van der Waals surface area contributed by atoms with Crippen molar-refractivity contribution in [1.29, 1.82) is 0 Å². The molecule has 0 aliphatic rings. The fraction of sp³-hybridized carbons (Fsp3) is 0.364. The fourth-order valence-electron chi connectivity index (χ4n) is 4.74. The van der Waals surface area contributed by atoms with Gasteiger partial charge in [-0.1, -0.05) is 81.8 Å². The van der Waals surface area contributed by atoms with Crippen LogP contribution in [0.15, 0.2) is 64.9 Å². The van der Waals surface area contributed by atoms with E-state index in [4.69, 9.17) is 9.47 Å².